The molecule has 10 heteroatoms. The quantitative estimate of drug-likeness (QED) is 0.601. The van der Waals surface area contributed by atoms with E-state index in [0.29, 0.717) is 29.3 Å². The average Bonchev–Trinajstić information content (AvgIpc) is 2.70. The molecule has 0 aliphatic carbocycles. The fourth-order valence-electron chi connectivity index (χ4n) is 3.12. The number of aromatic nitrogens is 3. The van der Waals surface area contributed by atoms with Gasteiger partial charge in [-0.05, 0) is 45.9 Å². The molecule has 3 rings (SSSR count). The number of halogens is 3. The molecule has 3 heterocycles. The predicted octanol–water partition coefficient (Wildman–Crippen LogP) is 4.37. The average molecular weight is 434 g/mol. The zero-order valence-corrected chi connectivity index (χ0v) is 17.4. The Balaban J connectivity index is 2.12. The molecule has 0 aliphatic rings. The minimum absolute atomic E-state index is 0.111. The third-order valence-electron chi connectivity index (χ3n) is 4.72. The number of pyridine rings is 3. The van der Waals surface area contributed by atoms with Crippen molar-refractivity contribution >= 4 is 28.4 Å². The molecule has 0 fully saturated rings. The first-order valence-corrected chi connectivity index (χ1v) is 9.60. The number of carbonyl (C=O) groups is 1. The van der Waals surface area contributed by atoms with Gasteiger partial charge in [0.2, 0.25) is 5.43 Å². The van der Waals surface area contributed by atoms with Gasteiger partial charge in [-0.2, -0.15) is 13.2 Å². The lowest BCUT2D eigenvalue weighted by Crippen LogP contribution is -2.21. The summed E-state index contributed by atoms with van der Waals surface area (Å²) in [6.45, 7) is 7.23. The maximum absolute atomic E-state index is 12.9. The van der Waals surface area contributed by atoms with Crippen molar-refractivity contribution in [3.05, 3.63) is 57.3 Å². The van der Waals surface area contributed by atoms with Crippen LogP contribution in [-0.2, 0) is 17.5 Å². The first-order valence-electron chi connectivity index (χ1n) is 9.60. The van der Waals surface area contributed by atoms with Gasteiger partial charge in [0.05, 0.1) is 34.8 Å². The SMILES string of the molecule is CCOC(=O)c1cn(CC)c2nc(C)c(Nc3ccc(C(F)(F)F)nc3C)cc2c1=O. The van der Waals surface area contributed by atoms with Gasteiger partial charge in [0.1, 0.15) is 16.9 Å². The number of nitrogens with one attached hydrogen (secondary N) is 1. The van der Waals surface area contributed by atoms with Crippen LogP contribution in [-0.4, -0.2) is 27.1 Å². The predicted molar refractivity (Wildman–Crippen MR) is 110 cm³/mol. The molecule has 0 aromatic carbocycles. The van der Waals surface area contributed by atoms with Crippen molar-refractivity contribution < 1.29 is 22.7 Å². The van der Waals surface area contributed by atoms with E-state index in [-0.39, 0.29) is 23.3 Å². The van der Waals surface area contributed by atoms with E-state index in [0.717, 1.165) is 6.07 Å². The van der Waals surface area contributed by atoms with Crippen LogP contribution in [0, 0.1) is 13.8 Å². The topological polar surface area (TPSA) is 86.1 Å². The molecule has 0 saturated heterocycles. The Morgan fingerprint density at radius 2 is 1.81 bits per heavy atom. The molecule has 31 heavy (non-hydrogen) atoms. The van der Waals surface area contributed by atoms with Crippen molar-refractivity contribution in [2.24, 2.45) is 0 Å². The number of nitrogens with zero attached hydrogens (tertiary/aromatic N) is 3. The van der Waals surface area contributed by atoms with Crippen molar-refractivity contribution in [2.75, 3.05) is 11.9 Å². The van der Waals surface area contributed by atoms with Gasteiger partial charge < -0.3 is 14.6 Å². The van der Waals surface area contributed by atoms with Crippen LogP contribution in [0.25, 0.3) is 11.0 Å². The van der Waals surface area contributed by atoms with E-state index < -0.39 is 23.3 Å². The summed E-state index contributed by atoms with van der Waals surface area (Å²) in [5.74, 6) is -0.727. The van der Waals surface area contributed by atoms with E-state index in [1.807, 2.05) is 6.92 Å². The molecule has 3 aromatic rings. The zero-order chi connectivity index (χ0) is 22.9. The Morgan fingerprint density at radius 1 is 1.13 bits per heavy atom. The molecular formula is C21H21F3N4O3. The van der Waals surface area contributed by atoms with Crippen LogP contribution >= 0.6 is 0 Å². The number of alkyl halides is 3. The molecule has 3 aromatic heterocycles. The number of fused-ring (bicyclic) bond motifs is 1. The van der Waals surface area contributed by atoms with Crippen LogP contribution in [0.5, 0.6) is 0 Å². The summed E-state index contributed by atoms with van der Waals surface area (Å²) >= 11 is 0. The van der Waals surface area contributed by atoms with Gasteiger partial charge in [-0.3, -0.25) is 4.79 Å². The molecule has 0 unspecified atom stereocenters. The van der Waals surface area contributed by atoms with Crippen LogP contribution in [0.4, 0.5) is 24.5 Å². The third kappa shape index (κ3) is 4.37. The molecule has 0 saturated carbocycles. The van der Waals surface area contributed by atoms with Crippen molar-refractivity contribution in [1.29, 1.82) is 0 Å². The van der Waals surface area contributed by atoms with E-state index in [1.54, 1.807) is 18.4 Å². The normalized spacial score (nSPS) is 11.6. The van der Waals surface area contributed by atoms with Gasteiger partial charge in [0.25, 0.3) is 0 Å². The number of hydrogen-bond acceptors (Lipinski definition) is 6. The summed E-state index contributed by atoms with van der Waals surface area (Å²) in [5.41, 5.74) is 0.182. The molecule has 0 bridgehead atoms. The highest BCUT2D eigenvalue weighted by atomic mass is 19.4. The number of hydrogen-bond donors (Lipinski definition) is 1. The van der Waals surface area contributed by atoms with Crippen LogP contribution < -0.4 is 10.7 Å². The lowest BCUT2D eigenvalue weighted by Gasteiger charge is -2.16. The molecule has 0 atom stereocenters. The largest absolute Gasteiger partial charge is 0.462 e. The fourth-order valence-corrected chi connectivity index (χ4v) is 3.12. The minimum atomic E-state index is -4.54. The summed E-state index contributed by atoms with van der Waals surface area (Å²) < 4.78 is 45.3. The zero-order valence-electron chi connectivity index (χ0n) is 17.4. The van der Waals surface area contributed by atoms with Gasteiger partial charge in [-0.15, -0.1) is 0 Å². The number of anilines is 2. The molecular weight excluding hydrogens is 413 g/mol. The first-order chi connectivity index (χ1) is 14.6. The van der Waals surface area contributed by atoms with E-state index in [9.17, 15) is 22.8 Å². The standard InChI is InChI=1S/C21H21F3N4O3/c1-5-28-10-14(20(30)31-6-2)18(29)13-9-16(12(4)26-19(13)28)27-15-7-8-17(21(22,23)24)25-11(15)3/h7-10,27H,5-6H2,1-4H3. The Kier molecular flexibility index (Phi) is 6.01. The number of carbonyl (C=O) groups excluding carboxylic acids is 1. The van der Waals surface area contributed by atoms with Crippen molar-refractivity contribution in [2.45, 2.75) is 40.4 Å². The third-order valence-corrected chi connectivity index (χ3v) is 4.72. The Morgan fingerprint density at radius 3 is 2.39 bits per heavy atom. The molecule has 0 radical (unpaired) electrons. The number of aryl methyl sites for hydroxylation is 3. The Bertz CT molecular complexity index is 1220. The summed E-state index contributed by atoms with van der Waals surface area (Å²) in [4.78, 5) is 33.2. The maximum atomic E-state index is 12.9. The second-order valence-electron chi connectivity index (χ2n) is 6.82. The first kappa shape index (κ1) is 22.3. The van der Waals surface area contributed by atoms with Crippen molar-refractivity contribution in [1.82, 2.24) is 14.5 Å². The number of ether oxygens (including phenoxy) is 1. The highest BCUT2D eigenvalue weighted by Gasteiger charge is 2.32. The van der Waals surface area contributed by atoms with Gasteiger partial charge in [0.15, 0.2) is 0 Å². The highest BCUT2D eigenvalue weighted by molar-refractivity contribution is 5.94. The smallest absolute Gasteiger partial charge is 0.433 e. The maximum Gasteiger partial charge on any atom is 0.433 e. The molecule has 0 amide bonds. The summed E-state index contributed by atoms with van der Waals surface area (Å²) in [6, 6.07) is 3.68. The monoisotopic (exact) mass is 434 g/mol. The van der Waals surface area contributed by atoms with Crippen LogP contribution in [0.2, 0.25) is 0 Å². The Labute approximate surface area is 175 Å². The van der Waals surface area contributed by atoms with Crippen LogP contribution in [0.1, 0.15) is 41.3 Å². The fraction of sp³-hybridized carbons (Fsp3) is 0.333. The van der Waals surface area contributed by atoms with Gasteiger partial charge in [0, 0.05) is 12.7 Å². The molecule has 0 aliphatic heterocycles. The van der Waals surface area contributed by atoms with E-state index >= 15 is 0 Å². The summed E-state index contributed by atoms with van der Waals surface area (Å²) in [6.07, 6.45) is -3.12. The van der Waals surface area contributed by atoms with Crippen LogP contribution in [0.3, 0.4) is 0 Å². The van der Waals surface area contributed by atoms with E-state index in [2.05, 4.69) is 15.3 Å². The van der Waals surface area contributed by atoms with Crippen molar-refractivity contribution in [3.8, 4) is 0 Å². The van der Waals surface area contributed by atoms with E-state index in [4.69, 9.17) is 4.74 Å². The van der Waals surface area contributed by atoms with Crippen LogP contribution in [0.15, 0.2) is 29.2 Å². The second kappa shape index (κ2) is 8.37. The lowest BCUT2D eigenvalue weighted by atomic mass is 10.1. The number of rotatable bonds is 5. The molecule has 7 nitrogen and oxygen atoms in total. The van der Waals surface area contributed by atoms with Gasteiger partial charge >= 0.3 is 12.1 Å². The minimum Gasteiger partial charge on any atom is -0.462 e. The summed E-state index contributed by atoms with van der Waals surface area (Å²) in [7, 11) is 0. The van der Waals surface area contributed by atoms with Gasteiger partial charge in [-0.25, -0.2) is 14.8 Å². The van der Waals surface area contributed by atoms with Gasteiger partial charge in [-0.1, -0.05) is 0 Å². The van der Waals surface area contributed by atoms with Crippen molar-refractivity contribution in [3.63, 3.8) is 0 Å². The summed E-state index contributed by atoms with van der Waals surface area (Å²) in [5, 5.41) is 3.19. The van der Waals surface area contributed by atoms with E-state index in [1.165, 1.54) is 25.3 Å². The molecule has 1 N–H and O–H groups in total. The Hall–Kier alpha value is -3.43. The highest BCUT2D eigenvalue weighted by Crippen LogP contribution is 2.30. The second-order valence-corrected chi connectivity index (χ2v) is 6.82. The molecule has 0 spiro atoms. The molecule has 164 valence electrons. The lowest BCUT2D eigenvalue weighted by molar-refractivity contribution is -0.141. The number of esters is 1.